The summed E-state index contributed by atoms with van der Waals surface area (Å²) in [5, 5.41) is 0. The topological polar surface area (TPSA) is 31.6 Å². The lowest BCUT2D eigenvalue weighted by Gasteiger charge is -2.15. The third-order valence-corrected chi connectivity index (χ3v) is 2.14. The smallest absolute Gasteiger partial charge is 0.534 e. The van der Waals surface area contributed by atoms with Crippen LogP contribution >= 0.6 is 0 Å². The summed E-state index contributed by atoms with van der Waals surface area (Å²) in [5.74, 6) is 0.652. The molecule has 1 aliphatic rings. The lowest BCUT2D eigenvalue weighted by molar-refractivity contribution is 0.173. The molecule has 0 bridgehead atoms. The van der Waals surface area contributed by atoms with Crippen LogP contribution in [0.2, 0.25) is 0 Å². The SMILES string of the molecule is C=C1OB(c2ccoc2)OC1(C)C. The first-order valence-electron chi connectivity index (χ1n) is 4.15. The van der Waals surface area contributed by atoms with E-state index in [1.807, 2.05) is 19.9 Å². The number of rotatable bonds is 1. The largest absolute Gasteiger partial charge is 0.566 e. The molecule has 0 radical (unpaired) electrons. The minimum atomic E-state index is -0.415. The van der Waals surface area contributed by atoms with Crippen LogP contribution in [0.1, 0.15) is 13.8 Å². The summed E-state index contributed by atoms with van der Waals surface area (Å²) < 4.78 is 16.0. The number of hydrogen-bond donors (Lipinski definition) is 0. The molecule has 1 saturated heterocycles. The maximum absolute atomic E-state index is 5.62. The molecule has 2 rings (SSSR count). The van der Waals surface area contributed by atoms with Gasteiger partial charge in [-0.25, -0.2) is 0 Å². The number of furan rings is 1. The summed E-state index contributed by atoms with van der Waals surface area (Å²) in [4.78, 5) is 0. The fourth-order valence-corrected chi connectivity index (χ4v) is 1.17. The first-order chi connectivity index (χ1) is 6.09. The molecule has 2 heterocycles. The maximum atomic E-state index is 5.62. The summed E-state index contributed by atoms with van der Waals surface area (Å²) >= 11 is 0. The molecule has 1 fully saturated rings. The standard InChI is InChI=1S/C9H11BO3/c1-7-9(2,3)13-10(12-7)8-4-5-11-6-8/h4-6H,1H2,2-3H3. The van der Waals surface area contributed by atoms with Crippen LogP contribution in [0.5, 0.6) is 0 Å². The van der Waals surface area contributed by atoms with Crippen LogP contribution in [0, 0.1) is 0 Å². The molecule has 0 aliphatic carbocycles. The molecule has 1 aromatic rings. The van der Waals surface area contributed by atoms with Crippen molar-refractivity contribution < 1.29 is 13.7 Å². The molecular weight excluding hydrogens is 167 g/mol. The molecule has 13 heavy (non-hydrogen) atoms. The van der Waals surface area contributed by atoms with Crippen LogP contribution < -0.4 is 5.46 Å². The molecule has 1 aliphatic heterocycles. The second-order valence-corrected chi connectivity index (χ2v) is 3.56. The van der Waals surface area contributed by atoms with Gasteiger partial charge in [0.05, 0.1) is 18.3 Å². The summed E-state index contributed by atoms with van der Waals surface area (Å²) in [5.41, 5.74) is 0.466. The van der Waals surface area contributed by atoms with E-state index in [2.05, 4.69) is 6.58 Å². The van der Waals surface area contributed by atoms with E-state index < -0.39 is 5.60 Å². The molecule has 0 amide bonds. The van der Waals surface area contributed by atoms with Crippen molar-refractivity contribution in [1.29, 1.82) is 0 Å². The highest BCUT2D eigenvalue weighted by Crippen LogP contribution is 2.28. The lowest BCUT2D eigenvalue weighted by Crippen LogP contribution is -2.33. The molecule has 0 aromatic carbocycles. The molecule has 0 unspecified atom stereocenters. The van der Waals surface area contributed by atoms with Gasteiger partial charge in [-0.05, 0) is 19.9 Å². The Labute approximate surface area is 77.5 Å². The summed E-state index contributed by atoms with van der Waals surface area (Å²) in [6.07, 6.45) is 3.20. The van der Waals surface area contributed by atoms with E-state index in [1.54, 1.807) is 12.5 Å². The predicted octanol–water partition coefficient (Wildman–Crippen LogP) is 1.31. The van der Waals surface area contributed by atoms with E-state index >= 15 is 0 Å². The Kier molecular flexibility index (Phi) is 1.73. The Bertz CT molecular complexity index is 316. The third-order valence-electron chi connectivity index (χ3n) is 2.14. The molecule has 4 heteroatoms. The van der Waals surface area contributed by atoms with Crippen LogP contribution in [0.4, 0.5) is 0 Å². The zero-order valence-electron chi connectivity index (χ0n) is 7.74. The second-order valence-electron chi connectivity index (χ2n) is 3.56. The molecule has 0 saturated carbocycles. The first kappa shape index (κ1) is 8.44. The highest BCUT2D eigenvalue weighted by Gasteiger charge is 2.43. The Balaban J connectivity index is 2.19. The van der Waals surface area contributed by atoms with Gasteiger partial charge in [-0.1, -0.05) is 6.58 Å². The van der Waals surface area contributed by atoms with E-state index in [9.17, 15) is 0 Å². The van der Waals surface area contributed by atoms with Crippen molar-refractivity contribution >= 4 is 12.6 Å². The summed E-state index contributed by atoms with van der Waals surface area (Å²) in [6.45, 7) is 7.64. The van der Waals surface area contributed by atoms with Crippen LogP contribution in [0.25, 0.3) is 0 Å². The van der Waals surface area contributed by atoms with Gasteiger partial charge in [0, 0.05) is 5.46 Å². The van der Waals surface area contributed by atoms with E-state index in [0.29, 0.717) is 5.76 Å². The van der Waals surface area contributed by atoms with Gasteiger partial charge in [0.2, 0.25) is 0 Å². The first-order valence-corrected chi connectivity index (χ1v) is 4.15. The third kappa shape index (κ3) is 1.37. The minimum Gasteiger partial charge on any atom is -0.534 e. The van der Waals surface area contributed by atoms with Gasteiger partial charge < -0.3 is 13.7 Å². The fraction of sp³-hybridized carbons (Fsp3) is 0.333. The van der Waals surface area contributed by atoms with Gasteiger partial charge >= 0.3 is 7.12 Å². The zero-order chi connectivity index (χ0) is 9.47. The van der Waals surface area contributed by atoms with Crippen LogP contribution in [-0.4, -0.2) is 12.7 Å². The van der Waals surface area contributed by atoms with Gasteiger partial charge in [-0.2, -0.15) is 0 Å². The van der Waals surface area contributed by atoms with E-state index in [-0.39, 0.29) is 7.12 Å². The van der Waals surface area contributed by atoms with Gasteiger partial charge in [0.1, 0.15) is 5.60 Å². The van der Waals surface area contributed by atoms with Crippen LogP contribution in [0.3, 0.4) is 0 Å². The van der Waals surface area contributed by atoms with E-state index in [0.717, 1.165) is 5.46 Å². The Morgan fingerprint density at radius 2 is 2.23 bits per heavy atom. The quantitative estimate of drug-likeness (QED) is 0.607. The van der Waals surface area contributed by atoms with Crippen molar-refractivity contribution in [2.75, 3.05) is 0 Å². The van der Waals surface area contributed by atoms with Crippen molar-refractivity contribution in [2.45, 2.75) is 19.4 Å². The van der Waals surface area contributed by atoms with Crippen molar-refractivity contribution in [3.05, 3.63) is 30.9 Å². The van der Waals surface area contributed by atoms with Crippen LogP contribution in [-0.2, 0) is 9.31 Å². The van der Waals surface area contributed by atoms with Crippen LogP contribution in [0.15, 0.2) is 35.3 Å². The van der Waals surface area contributed by atoms with Gasteiger partial charge in [0.25, 0.3) is 0 Å². The normalized spacial score (nSPS) is 20.5. The van der Waals surface area contributed by atoms with Crippen molar-refractivity contribution in [1.82, 2.24) is 0 Å². The molecule has 1 aromatic heterocycles. The Morgan fingerprint density at radius 3 is 2.69 bits per heavy atom. The molecule has 68 valence electrons. The zero-order valence-corrected chi connectivity index (χ0v) is 7.74. The van der Waals surface area contributed by atoms with E-state index in [4.69, 9.17) is 13.7 Å². The molecule has 3 nitrogen and oxygen atoms in total. The Hall–Kier alpha value is -1.16. The average molecular weight is 178 g/mol. The molecule has 0 atom stereocenters. The Morgan fingerprint density at radius 1 is 1.46 bits per heavy atom. The lowest BCUT2D eigenvalue weighted by atomic mass is 9.81. The fourth-order valence-electron chi connectivity index (χ4n) is 1.17. The van der Waals surface area contributed by atoms with Crippen molar-refractivity contribution in [3.8, 4) is 0 Å². The van der Waals surface area contributed by atoms with Gasteiger partial charge in [-0.15, -0.1) is 0 Å². The minimum absolute atomic E-state index is 0.374. The molecule has 0 N–H and O–H groups in total. The summed E-state index contributed by atoms with van der Waals surface area (Å²) in [6, 6.07) is 1.82. The average Bonchev–Trinajstić information content (AvgIpc) is 2.60. The highest BCUT2D eigenvalue weighted by atomic mass is 16.7. The highest BCUT2D eigenvalue weighted by molar-refractivity contribution is 6.62. The monoisotopic (exact) mass is 178 g/mol. The summed E-state index contributed by atoms with van der Waals surface area (Å²) in [7, 11) is -0.374. The number of hydrogen-bond acceptors (Lipinski definition) is 3. The van der Waals surface area contributed by atoms with Gasteiger partial charge in [-0.3, -0.25) is 0 Å². The van der Waals surface area contributed by atoms with Crippen molar-refractivity contribution in [2.24, 2.45) is 0 Å². The molecular formula is C9H11BO3. The predicted molar refractivity (Wildman–Crippen MR) is 49.5 cm³/mol. The second kappa shape index (κ2) is 2.67. The van der Waals surface area contributed by atoms with Crippen molar-refractivity contribution in [3.63, 3.8) is 0 Å². The van der Waals surface area contributed by atoms with Gasteiger partial charge in [0.15, 0.2) is 0 Å². The molecule has 0 spiro atoms. The maximum Gasteiger partial charge on any atom is 0.566 e. The van der Waals surface area contributed by atoms with E-state index in [1.165, 1.54) is 0 Å².